The topological polar surface area (TPSA) is 30.5 Å². The number of rotatable bonds is 7. The van der Waals surface area contributed by atoms with Crippen LogP contribution in [0.5, 0.6) is 5.75 Å². The number of para-hydroxylation sites is 1. The van der Waals surface area contributed by atoms with Crippen molar-refractivity contribution in [2.75, 3.05) is 26.9 Å². The molecule has 106 valence electrons. The van der Waals surface area contributed by atoms with Gasteiger partial charge >= 0.3 is 0 Å². The monoisotopic (exact) mass is 263 g/mol. The highest BCUT2D eigenvalue weighted by Crippen LogP contribution is 2.38. The number of hydrogen-bond acceptors (Lipinski definition) is 3. The molecule has 0 bridgehead atoms. The molecule has 1 fully saturated rings. The van der Waals surface area contributed by atoms with E-state index in [9.17, 15) is 0 Å². The minimum absolute atomic E-state index is 0.622. The number of hydrogen-bond donors (Lipinski definition) is 1. The van der Waals surface area contributed by atoms with Crippen molar-refractivity contribution in [2.45, 2.75) is 38.1 Å². The van der Waals surface area contributed by atoms with E-state index in [-0.39, 0.29) is 0 Å². The lowest BCUT2D eigenvalue weighted by Crippen LogP contribution is -2.25. The van der Waals surface area contributed by atoms with Gasteiger partial charge in [0, 0.05) is 13.2 Å². The van der Waals surface area contributed by atoms with Crippen LogP contribution in [0.2, 0.25) is 0 Å². The maximum atomic E-state index is 5.84. The molecule has 0 spiro atoms. The summed E-state index contributed by atoms with van der Waals surface area (Å²) in [5, 5.41) is 3.56. The third-order valence-electron chi connectivity index (χ3n) is 3.83. The first-order chi connectivity index (χ1) is 9.35. The molecule has 0 heterocycles. The molecular weight excluding hydrogens is 238 g/mol. The molecule has 0 saturated heterocycles. The molecule has 2 unspecified atom stereocenters. The Balaban J connectivity index is 1.99. The predicted molar refractivity (Wildman–Crippen MR) is 77.9 cm³/mol. The highest BCUT2D eigenvalue weighted by Gasteiger charge is 2.27. The van der Waals surface area contributed by atoms with Gasteiger partial charge in [-0.3, -0.25) is 0 Å². The summed E-state index contributed by atoms with van der Waals surface area (Å²) in [7, 11) is 1.70. The van der Waals surface area contributed by atoms with Gasteiger partial charge in [0.15, 0.2) is 0 Å². The van der Waals surface area contributed by atoms with Gasteiger partial charge in [0.1, 0.15) is 12.4 Å². The molecular formula is C16H25NO2. The van der Waals surface area contributed by atoms with E-state index in [0.717, 1.165) is 12.3 Å². The largest absolute Gasteiger partial charge is 0.491 e. The van der Waals surface area contributed by atoms with E-state index in [1.807, 2.05) is 6.07 Å². The van der Waals surface area contributed by atoms with Gasteiger partial charge < -0.3 is 14.8 Å². The van der Waals surface area contributed by atoms with Crippen molar-refractivity contribution in [1.29, 1.82) is 0 Å². The Labute approximate surface area is 116 Å². The van der Waals surface area contributed by atoms with E-state index < -0.39 is 0 Å². The molecule has 1 saturated carbocycles. The predicted octanol–water partition coefficient (Wildman–Crippen LogP) is 2.96. The van der Waals surface area contributed by atoms with Gasteiger partial charge in [0.25, 0.3) is 0 Å². The SMILES string of the molecule is CCNC1CCC(c2ccccc2OCCOC)C1. The fraction of sp³-hybridized carbons (Fsp3) is 0.625. The zero-order valence-corrected chi connectivity index (χ0v) is 12.0. The third-order valence-corrected chi connectivity index (χ3v) is 3.83. The van der Waals surface area contributed by atoms with E-state index in [2.05, 4.69) is 30.4 Å². The van der Waals surface area contributed by atoms with Gasteiger partial charge in [-0.05, 0) is 43.4 Å². The van der Waals surface area contributed by atoms with Crippen molar-refractivity contribution in [1.82, 2.24) is 5.32 Å². The lowest BCUT2D eigenvalue weighted by atomic mass is 9.96. The highest BCUT2D eigenvalue weighted by molar-refractivity contribution is 5.37. The molecule has 2 rings (SSSR count). The molecule has 3 heteroatoms. The second kappa shape index (κ2) is 7.51. The highest BCUT2D eigenvalue weighted by atomic mass is 16.5. The van der Waals surface area contributed by atoms with Crippen LogP contribution >= 0.6 is 0 Å². The van der Waals surface area contributed by atoms with Crippen LogP contribution in [-0.4, -0.2) is 32.9 Å². The van der Waals surface area contributed by atoms with Gasteiger partial charge in [-0.15, -0.1) is 0 Å². The quantitative estimate of drug-likeness (QED) is 0.767. The first-order valence-corrected chi connectivity index (χ1v) is 7.29. The fourth-order valence-electron chi connectivity index (χ4n) is 2.92. The minimum atomic E-state index is 0.622. The van der Waals surface area contributed by atoms with Crippen LogP contribution in [0.25, 0.3) is 0 Å². The third kappa shape index (κ3) is 3.95. The summed E-state index contributed by atoms with van der Waals surface area (Å²) in [6.07, 6.45) is 3.74. The molecule has 0 aliphatic heterocycles. The average Bonchev–Trinajstić information content (AvgIpc) is 2.89. The van der Waals surface area contributed by atoms with Crippen LogP contribution in [0, 0.1) is 0 Å². The molecule has 3 nitrogen and oxygen atoms in total. The van der Waals surface area contributed by atoms with E-state index in [0.29, 0.717) is 25.2 Å². The Hall–Kier alpha value is -1.06. The second-order valence-electron chi connectivity index (χ2n) is 5.14. The molecule has 1 aliphatic carbocycles. The number of benzene rings is 1. The van der Waals surface area contributed by atoms with Crippen molar-refractivity contribution in [3.63, 3.8) is 0 Å². The summed E-state index contributed by atoms with van der Waals surface area (Å²) in [5.41, 5.74) is 1.36. The van der Waals surface area contributed by atoms with Gasteiger partial charge in [-0.2, -0.15) is 0 Å². The Bertz CT molecular complexity index is 381. The van der Waals surface area contributed by atoms with Gasteiger partial charge in [-0.1, -0.05) is 25.1 Å². The van der Waals surface area contributed by atoms with E-state index in [4.69, 9.17) is 9.47 Å². The van der Waals surface area contributed by atoms with Crippen molar-refractivity contribution >= 4 is 0 Å². The van der Waals surface area contributed by atoms with E-state index in [1.54, 1.807) is 7.11 Å². The Morgan fingerprint density at radius 3 is 2.84 bits per heavy atom. The summed E-state index contributed by atoms with van der Waals surface area (Å²) in [6.45, 7) is 4.49. The normalized spacial score (nSPS) is 22.6. The van der Waals surface area contributed by atoms with Crippen LogP contribution in [0.15, 0.2) is 24.3 Å². The molecule has 1 aromatic carbocycles. The van der Waals surface area contributed by atoms with E-state index in [1.165, 1.54) is 24.8 Å². The first-order valence-electron chi connectivity index (χ1n) is 7.29. The lowest BCUT2D eigenvalue weighted by molar-refractivity contribution is 0.145. The smallest absolute Gasteiger partial charge is 0.122 e. The molecule has 19 heavy (non-hydrogen) atoms. The zero-order chi connectivity index (χ0) is 13.5. The van der Waals surface area contributed by atoms with Crippen molar-refractivity contribution < 1.29 is 9.47 Å². The molecule has 2 atom stereocenters. The maximum Gasteiger partial charge on any atom is 0.122 e. The first kappa shape index (κ1) is 14.4. The van der Waals surface area contributed by atoms with Gasteiger partial charge in [-0.25, -0.2) is 0 Å². The lowest BCUT2D eigenvalue weighted by Gasteiger charge is -2.16. The summed E-state index contributed by atoms with van der Waals surface area (Å²) in [6, 6.07) is 9.11. The summed E-state index contributed by atoms with van der Waals surface area (Å²) in [5.74, 6) is 1.66. The number of ether oxygens (including phenoxy) is 2. The molecule has 0 amide bonds. The molecule has 1 aliphatic rings. The Morgan fingerprint density at radius 1 is 1.21 bits per heavy atom. The van der Waals surface area contributed by atoms with Crippen LogP contribution in [0.3, 0.4) is 0 Å². The summed E-state index contributed by atoms with van der Waals surface area (Å²) < 4.78 is 10.9. The minimum Gasteiger partial charge on any atom is -0.491 e. The standard InChI is InChI=1S/C16H25NO2/c1-3-17-14-9-8-13(12-14)15-6-4-5-7-16(15)19-11-10-18-2/h4-7,13-14,17H,3,8-12H2,1-2H3. The van der Waals surface area contributed by atoms with Gasteiger partial charge in [0.2, 0.25) is 0 Å². The Morgan fingerprint density at radius 2 is 2.05 bits per heavy atom. The van der Waals surface area contributed by atoms with E-state index >= 15 is 0 Å². The molecule has 0 radical (unpaired) electrons. The van der Waals surface area contributed by atoms with Gasteiger partial charge in [0.05, 0.1) is 6.61 Å². The summed E-state index contributed by atoms with van der Waals surface area (Å²) >= 11 is 0. The van der Waals surface area contributed by atoms with Crippen LogP contribution in [0.1, 0.15) is 37.7 Å². The molecule has 1 N–H and O–H groups in total. The number of methoxy groups -OCH3 is 1. The fourth-order valence-corrected chi connectivity index (χ4v) is 2.92. The molecule has 0 aromatic heterocycles. The number of nitrogens with one attached hydrogen (secondary N) is 1. The summed E-state index contributed by atoms with van der Waals surface area (Å²) in [4.78, 5) is 0. The zero-order valence-electron chi connectivity index (χ0n) is 12.0. The van der Waals surface area contributed by atoms with Crippen LogP contribution in [0.4, 0.5) is 0 Å². The van der Waals surface area contributed by atoms with Crippen molar-refractivity contribution in [3.05, 3.63) is 29.8 Å². The van der Waals surface area contributed by atoms with Crippen molar-refractivity contribution in [3.8, 4) is 5.75 Å². The maximum absolute atomic E-state index is 5.84. The second-order valence-corrected chi connectivity index (χ2v) is 5.14. The Kier molecular flexibility index (Phi) is 5.67. The van der Waals surface area contributed by atoms with Crippen molar-refractivity contribution in [2.24, 2.45) is 0 Å². The van der Waals surface area contributed by atoms with Crippen LogP contribution in [-0.2, 0) is 4.74 Å². The average molecular weight is 263 g/mol. The van der Waals surface area contributed by atoms with Crippen LogP contribution < -0.4 is 10.1 Å². The molecule has 1 aromatic rings.